The molecule has 0 aromatic heterocycles. The number of aryl methyl sites for hydroxylation is 1. The van der Waals surface area contributed by atoms with Gasteiger partial charge in [-0.05, 0) is 29.6 Å². The molecule has 0 N–H and O–H groups in total. The minimum Gasteiger partial charge on any atom is -0.207 e. The first-order valence-corrected chi connectivity index (χ1v) is 3.95. The second kappa shape index (κ2) is 3.92. The van der Waals surface area contributed by atoms with Gasteiger partial charge in [-0.3, -0.25) is 0 Å². The fraction of sp³-hybridized carbons (Fsp3) is 0.333. The fourth-order valence-corrected chi connectivity index (χ4v) is 1.01. The van der Waals surface area contributed by atoms with Gasteiger partial charge in [-0.15, -0.1) is 0 Å². The summed E-state index contributed by atoms with van der Waals surface area (Å²) in [6, 6.07) is 4.51. The van der Waals surface area contributed by atoms with Gasteiger partial charge in [-0.1, -0.05) is 24.2 Å². The van der Waals surface area contributed by atoms with Gasteiger partial charge < -0.3 is 0 Å². The maximum Gasteiger partial charge on any atom is 0.126 e. The number of hydrogen-bond acceptors (Lipinski definition) is 1. The summed E-state index contributed by atoms with van der Waals surface area (Å²) in [6.45, 7) is 3.42. The van der Waals surface area contributed by atoms with Crippen LogP contribution in [0.25, 0.3) is 10.4 Å². The minimum atomic E-state index is -0.319. The quantitative estimate of drug-likeness (QED) is 0.379. The summed E-state index contributed by atoms with van der Waals surface area (Å²) in [5.41, 5.74) is 9.48. The van der Waals surface area contributed by atoms with Crippen LogP contribution in [-0.4, -0.2) is 0 Å². The van der Waals surface area contributed by atoms with Crippen LogP contribution in [0, 0.1) is 12.7 Å². The summed E-state index contributed by atoms with van der Waals surface area (Å²) >= 11 is 0. The Labute approximate surface area is 75.8 Å². The van der Waals surface area contributed by atoms with E-state index in [1.165, 1.54) is 6.07 Å². The summed E-state index contributed by atoms with van der Waals surface area (Å²) < 4.78 is 13.0. The first kappa shape index (κ1) is 9.55. The van der Waals surface area contributed by atoms with Gasteiger partial charge in [0.1, 0.15) is 5.82 Å². The lowest BCUT2D eigenvalue weighted by atomic mass is 10.1. The van der Waals surface area contributed by atoms with E-state index in [9.17, 15) is 4.39 Å². The van der Waals surface area contributed by atoms with E-state index in [1.807, 2.05) is 0 Å². The summed E-state index contributed by atoms with van der Waals surface area (Å²) in [6.07, 6.45) is 0. The van der Waals surface area contributed by atoms with Gasteiger partial charge in [0.2, 0.25) is 0 Å². The molecule has 0 aliphatic heterocycles. The van der Waals surface area contributed by atoms with Crippen molar-refractivity contribution in [3.8, 4) is 0 Å². The monoisotopic (exact) mass is 179 g/mol. The van der Waals surface area contributed by atoms with Gasteiger partial charge in [0.25, 0.3) is 0 Å². The third-order valence-corrected chi connectivity index (χ3v) is 1.90. The molecule has 0 aliphatic rings. The van der Waals surface area contributed by atoms with Crippen molar-refractivity contribution < 1.29 is 4.39 Å². The zero-order chi connectivity index (χ0) is 9.84. The fourth-order valence-electron chi connectivity index (χ4n) is 1.01. The first-order chi connectivity index (χ1) is 6.15. The highest BCUT2D eigenvalue weighted by Gasteiger charge is 2.04. The van der Waals surface area contributed by atoms with Crippen molar-refractivity contribution in [1.29, 1.82) is 0 Å². The first-order valence-electron chi connectivity index (χ1n) is 3.95. The average molecular weight is 179 g/mol. The molecule has 0 spiro atoms. The van der Waals surface area contributed by atoms with Crippen molar-refractivity contribution >= 4 is 0 Å². The second-order valence-corrected chi connectivity index (χ2v) is 2.89. The maximum absolute atomic E-state index is 13.0. The van der Waals surface area contributed by atoms with Gasteiger partial charge >= 0.3 is 0 Å². The molecule has 0 amide bonds. The number of hydrogen-bond donors (Lipinski definition) is 0. The van der Waals surface area contributed by atoms with E-state index in [1.54, 1.807) is 26.0 Å². The third kappa shape index (κ3) is 2.20. The molecular formula is C9H10FN3. The van der Waals surface area contributed by atoms with E-state index in [-0.39, 0.29) is 11.9 Å². The van der Waals surface area contributed by atoms with E-state index in [4.69, 9.17) is 5.53 Å². The van der Waals surface area contributed by atoms with E-state index in [0.29, 0.717) is 11.1 Å². The second-order valence-electron chi connectivity index (χ2n) is 2.89. The number of nitrogens with zero attached hydrogens (tertiary/aromatic N) is 3. The molecular weight excluding hydrogens is 169 g/mol. The molecule has 3 nitrogen and oxygen atoms in total. The highest BCUT2D eigenvalue weighted by molar-refractivity contribution is 5.25. The highest BCUT2D eigenvalue weighted by Crippen LogP contribution is 2.19. The zero-order valence-corrected chi connectivity index (χ0v) is 7.53. The molecule has 0 heterocycles. The Hall–Kier alpha value is -1.54. The normalized spacial score (nSPS) is 11.9. The van der Waals surface area contributed by atoms with Gasteiger partial charge in [0.05, 0.1) is 6.04 Å². The molecule has 0 unspecified atom stereocenters. The lowest BCUT2D eigenvalue weighted by Gasteiger charge is -2.05. The topological polar surface area (TPSA) is 48.8 Å². The lowest BCUT2D eigenvalue weighted by Crippen LogP contribution is -1.91. The Morgan fingerprint density at radius 1 is 1.54 bits per heavy atom. The molecule has 0 saturated carbocycles. The summed E-state index contributed by atoms with van der Waals surface area (Å²) in [4.78, 5) is 2.67. The molecule has 1 aromatic carbocycles. The van der Waals surface area contributed by atoms with Crippen LogP contribution < -0.4 is 0 Å². The molecule has 0 saturated heterocycles. The molecule has 1 atom stereocenters. The van der Waals surface area contributed by atoms with Crippen LogP contribution in [-0.2, 0) is 0 Å². The van der Waals surface area contributed by atoms with E-state index in [0.717, 1.165) is 0 Å². The Balaban J connectivity index is 3.03. The smallest absolute Gasteiger partial charge is 0.126 e. The average Bonchev–Trinajstić information content (AvgIpc) is 2.10. The van der Waals surface area contributed by atoms with E-state index < -0.39 is 0 Å². The predicted molar refractivity (Wildman–Crippen MR) is 48.7 cm³/mol. The molecule has 1 aromatic rings. The molecule has 1 rings (SSSR count). The molecule has 4 heteroatoms. The van der Waals surface area contributed by atoms with Crippen LogP contribution in [0.4, 0.5) is 4.39 Å². The Bertz CT molecular complexity index is 356. The largest absolute Gasteiger partial charge is 0.207 e. The van der Waals surface area contributed by atoms with Crippen molar-refractivity contribution in [3.63, 3.8) is 0 Å². The summed E-state index contributed by atoms with van der Waals surface area (Å²) in [5, 5.41) is 3.48. The van der Waals surface area contributed by atoms with Gasteiger partial charge in [-0.25, -0.2) is 4.39 Å². The molecule has 0 bridgehead atoms. The van der Waals surface area contributed by atoms with Crippen molar-refractivity contribution in [1.82, 2.24) is 0 Å². The van der Waals surface area contributed by atoms with Crippen LogP contribution in [0.3, 0.4) is 0 Å². The number of azide groups is 1. The predicted octanol–water partition coefficient (Wildman–Crippen LogP) is 3.51. The molecule has 0 radical (unpaired) electrons. The lowest BCUT2D eigenvalue weighted by molar-refractivity contribution is 0.613. The van der Waals surface area contributed by atoms with Crippen LogP contribution in [0.15, 0.2) is 23.3 Å². The number of halogens is 1. The van der Waals surface area contributed by atoms with E-state index in [2.05, 4.69) is 10.0 Å². The standard InChI is InChI=1S/C9H10FN3/c1-6-3-4-8(5-9(6)10)7(2)12-13-11/h3-5,7H,1-2H3/t7-/m0/s1. The Morgan fingerprint density at radius 2 is 2.23 bits per heavy atom. The van der Waals surface area contributed by atoms with Crippen molar-refractivity contribution in [2.75, 3.05) is 0 Å². The van der Waals surface area contributed by atoms with Crippen molar-refractivity contribution in [2.24, 2.45) is 5.11 Å². The summed E-state index contributed by atoms with van der Waals surface area (Å²) in [7, 11) is 0. The van der Waals surface area contributed by atoms with Crippen molar-refractivity contribution in [3.05, 3.63) is 45.6 Å². The van der Waals surface area contributed by atoms with E-state index >= 15 is 0 Å². The van der Waals surface area contributed by atoms with Gasteiger partial charge in [0, 0.05) is 4.91 Å². The molecule has 13 heavy (non-hydrogen) atoms. The third-order valence-electron chi connectivity index (χ3n) is 1.90. The van der Waals surface area contributed by atoms with Crippen molar-refractivity contribution in [2.45, 2.75) is 19.9 Å². The van der Waals surface area contributed by atoms with Crippen LogP contribution in [0.2, 0.25) is 0 Å². The van der Waals surface area contributed by atoms with Gasteiger partial charge in [-0.2, -0.15) is 0 Å². The van der Waals surface area contributed by atoms with Crippen LogP contribution in [0.1, 0.15) is 24.1 Å². The van der Waals surface area contributed by atoms with Gasteiger partial charge in [0.15, 0.2) is 0 Å². The number of benzene rings is 1. The Morgan fingerprint density at radius 3 is 2.77 bits per heavy atom. The van der Waals surface area contributed by atoms with Crippen LogP contribution in [0.5, 0.6) is 0 Å². The maximum atomic E-state index is 13.0. The Kier molecular flexibility index (Phi) is 2.88. The highest BCUT2D eigenvalue weighted by atomic mass is 19.1. The van der Waals surface area contributed by atoms with Crippen LogP contribution >= 0.6 is 0 Å². The molecule has 0 fully saturated rings. The SMILES string of the molecule is Cc1ccc([C@H](C)N=[N+]=[N-])cc1F. The number of rotatable bonds is 2. The molecule has 68 valence electrons. The summed E-state index contributed by atoms with van der Waals surface area (Å²) in [5.74, 6) is -0.266. The molecule has 0 aliphatic carbocycles. The zero-order valence-electron chi connectivity index (χ0n) is 7.53. The minimum absolute atomic E-state index is 0.266.